The zero-order chi connectivity index (χ0) is 23.9. The third-order valence-corrected chi connectivity index (χ3v) is 6.96. The predicted octanol–water partition coefficient (Wildman–Crippen LogP) is 9.07. The lowest BCUT2D eigenvalue weighted by molar-refractivity contribution is 0.630. The molecule has 0 fully saturated rings. The summed E-state index contributed by atoms with van der Waals surface area (Å²) >= 11 is 1.85. The first-order valence-corrected chi connectivity index (χ1v) is 12.7. The number of halogens is 1. The molecule has 2 heteroatoms. The molecule has 170 valence electrons. The predicted molar refractivity (Wildman–Crippen MR) is 145 cm³/mol. The van der Waals surface area contributed by atoms with Crippen molar-refractivity contribution in [2.45, 2.75) is 38.5 Å². The van der Waals surface area contributed by atoms with E-state index in [2.05, 4.69) is 74.2 Å². The van der Waals surface area contributed by atoms with Gasteiger partial charge in [-0.1, -0.05) is 79.3 Å². The standard InChI is InChI=1S/C32H29FS/c1-4-5-20-34-30-18-16-28(17-19-30)31-21-24(3)29(22-32(31)33)15-10-25-8-13-27(14-9-25)26-11-6-23(2)7-12-26/h6-9,11-14,16-19,21-22H,4-5,20H2,1-3H3. The molecule has 0 bridgehead atoms. The summed E-state index contributed by atoms with van der Waals surface area (Å²) in [6, 6.07) is 28.3. The largest absolute Gasteiger partial charge is 0.206 e. The van der Waals surface area contributed by atoms with Crippen LogP contribution in [-0.2, 0) is 0 Å². The Morgan fingerprint density at radius 3 is 2.00 bits per heavy atom. The molecule has 0 aliphatic heterocycles. The Bertz CT molecular complexity index is 1310. The van der Waals surface area contributed by atoms with Gasteiger partial charge in [0.1, 0.15) is 5.82 Å². The molecule has 0 spiro atoms. The number of rotatable bonds is 6. The van der Waals surface area contributed by atoms with Crippen LogP contribution in [0.3, 0.4) is 0 Å². The molecule has 0 radical (unpaired) electrons. The Kier molecular flexibility index (Phi) is 7.88. The smallest absolute Gasteiger partial charge is 0.132 e. The summed E-state index contributed by atoms with van der Waals surface area (Å²) in [5, 5.41) is 0. The fourth-order valence-electron chi connectivity index (χ4n) is 3.73. The van der Waals surface area contributed by atoms with Gasteiger partial charge in [0.25, 0.3) is 0 Å². The number of benzene rings is 4. The van der Waals surface area contributed by atoms with Crippen molar-refractivity contribution in [3.63, 3.8) is 0 Å². The average molecular weight is 465 g/mol. The van der Waals surface area contributed by atoms with Crippen LogP contribution in [0.4, 0.5) is 4.39 Å². The SMILES string of the molecule is CCCCSc1ccc(-c2cc(C)c(C#Cc3ccc(-c4ccc(C)cc4)cc3)cc2F)cc1. The molecule has 0 amide bonds. The maximum atomic E-state index is 15.0. The second-order valence-electron chi connectivity index (χ2n) is 8.57. The van der Waals surface area contributed by atoms with Crippen LogP contribution in [0.2, 0.25) is 0 Å². The highest BCUT2D eigenvalue weighted by molar-refractivity contribution is 7.99. The van der Waals surface area contributed by atoms with E-state index < -0.39 is 0 Å². The van der Waals surface area contributed by atoms with Crippen molar-refractivity contribution in [1.82, 2.24) is 0 Å². The van der Waals surface area contributed by atoms with E-state index in [1.54, 1.807) is 6.07 Å². The van der Waals surface area contributed by atoms with Crippen LogP contribution in [0.1, 0.15) is 42.0 Å². The van der Waals surface area contributed by atoms with Crippen LogP contribution in [0.15, 0.2) is 89.8 Å². The topological polar surface area (TPSA) is 0 Å². The maximum absolute atomic E-state index is 15.0. The first kappa shape index (κ1) is 23.9. The molecule has 0 N–H and O–H groups in total. The van der Waals surface area contributed by atoms with Crippen molar-refractivity contribution < 1.29 is 4.39 Å². The van der Waals surface area contributed by atoms with Gasteiger partial charge in [-0.2, -0.15) is 0 Å². The zero-order valence-corrected chi connectivity index (χ0v) is 20.8. The molecule has 0 unspecified atom stereocenters. The van der Waals surface area contributed by atoms with Crippen LogP contribution in [-0.4, -0.2) is 5.75 Å². The second-order valence-corrected chi connectivity index (χ2v) is 9.74. The first-order valence-electron chi connectivity index (χ1n) is 11.8. The van der Waals surface area contributed by atoms with Gasteiger partial charge in [-0.3, -0.25) is 0 Å². The Morgan fingerprint density at radius 1 is 0.735 bits per heavy atom. The summed E-state index contributed by atoms with van der Waals surface area (Å²) in [6.45, 7) is 6.28. The van der Waals surface area contributed by atoms with Gasteiger partial charge in [-0.15, -0.1) is 11.8 Å². The van der Waals surface area contributed by atoms with E-state index in [0.29, 0.717) is 5.56 Å². The van der Waals surface area contributed by atoms with E-state index >= 15 is 0 Å². The number of unbranched alkanes of at least 4 members (excludes halogenated alkanes) is 1. The first-order chi connectivity index (χ1) is 16.5. The van der Waals surface area contributed by atoms with E-state index in [1.165, 1.54) is 28.9 Å². The molecule has 0 atom stereocenters. The number of aryl methyl sites for hydroxylation is 2. The van der Waals surface area contributed by atoms with E-state index in [-0.39, 0.29) is 5.82 Å². The van der Waals surface area contributed by atoms with Crippen molar-refractivity contribution >= 4 is 11.8 Å². The highest BCUT2D eigenvalue weighted by atomic mass is 32.2. The minimum absolute atomic E-state index is 0.240. The minimum atomic E-state index is -0.240. The summed E-state index contributed by atoms with van der Waals surface area (Å²) < 4.78 is 15.0. The molecule has 0 aliphatic rings. The van der Waals surface area contributed by atoms with Crippen molar-refractivity contribution in [2.75, 3.05) is 5.75 Å². The molecule has 0 nitrogen and oxygen atoms in total. The highest BCUT2D eigenvalue weighted by Gasteiger charge is 2.09. The Morgan fingerprint density at radius 2 is 1.35 bits per heavy atom. The Hall–Kier alpha value is -3.28. The summed E-state index contributed by atoms with van der Waals surface area (Å²) in [5.74, 6) is 7.22. The molecule has 34 heavy (non-hydrogen) atoms. The van der Waals surface area contributed by atoms with E-state index in [9.17, 15) is 4.39 Å². The third-order valence-electron chi connectivity index (χ3n) is 5.86. The molecule has 0 aromatic heterocycles. The molecule has 0 saturated carbocycles. The average Bonchev–Trinajstić information content (AvgIpc) is 2.86. The fraction of sp³-hybridized carbons (Fsp3) is 0.188. The summed E-state index contributed by atoms with van der Waals surface area (Å²) in [6.07, 6.45) is 2.41. The highest BCUT2D eigenvalue weighted by Crippen LogP contribution is 2.29. The Balaban J connectivity index is 1.50. The van der Waals surface area contributed by atoms with Crippen molar-refractivity contribution in [3.8, 4) is 34.1 Å². The van der Waals surface area contributed by atoms with Crippen LogP contribution < -0.4 is 0 Å². The molecule has 4 aromatic rings. The summed E-state index contributed by atoms with van der Waals surface area (Å²) in [4.78, 5) is 1.23. The van der Waals surface area contributed by atoms with Crippen molar-refractivity contribution in [3.05, 3.63) is 113 Å². The normalized spacial score (nSPS) is 10.6. The van der Waals surface area contributed by atoms with Gasteiger partial charge in [-0.05, 0) is 84.7 Å². The number of hydrogen-bond donors (Lipinski definition) is 0. The van der Waals surface area contributed by atoms with Crippen LogP contribution in [0, 0.1) is 31.5 Å². The van der Waals surface area contributed by atoms with Gasteiger partial charge in [0.15, 0.2) is 0 Å². The van der Waals surface area contributed by atoms with Gasteiger partial charge < -0.3 is 0 Å². The number of thioether (sulfide) groups is 1. The zero-order valence-electron chi connectivity index (χ0n) is 20.0. The van der Waals surface area contributed by atoms with E-state index in [1.807, 2.05) is 49.0 Å². The van der Waals surface area contributed by atoms with E-state index in [0.717, 1.165) is 33.6 Å². The lowest BCUT2D eigenvalue weighted by atomic mass is 9.99. The second kappa shape index (κ2) is 11.2. The molecule has 0 aliphatic carbocycles. The van der Waals surface area contributed by atoms with Gasteiger partial charge in [0.2, 0.25) is 0 Å². The minimum Gasteiger partial charge on any atom is -0.206 e. The van der Waals surface area contributed by atoms with Crippen molar-refractivity contribution in [2.24, 2.45) is 0 Å². The lowest BCUT2D eigenvalue weighted by Gasteiger charge is -2.08. The molecule has 4 rings (SSSR count). The summed E-state index contributed by atoms with van der Waals surface area (Å²) in [7, 11) is 0. The van der Waals surface area contributed by atoms with Crippen LogP contribution in [0.25, 0.3) is 22.3 Å². The molecule has 0 heterocycles. The van der Waals surface area contributed by atoms with Crippen molar-refractivity contribution in [1.29, 1.82) is 0 Å². The maximum Gasteiger partial charge on any atom is 0.132 e. The lowest BCUT2D eigenvalue weighted by Crippen LogP contribution is -1.91. The molecular formula is C32H29FS. The van der Waals surface area contributed by atoms with Crippen LogP contribution >= 0.6 is 11.8 Å². The monoisotopic (exact) mass is 464 g/mol. The molecule has 0 saturated heterocycles. The molecule has 4 aromatic carbocycles. The fourth-order valence-corrected chi connectivity index (χ4v) is 4.73. The van der Waals surface area contributed by atoms with Gasteiger partial charge in [0.05, 0.1) is 0 Å². The van der Waals surface area contributed by atoms with Crippen LogP contribution in [0.5, 0.6) is 0 Å². The summed E-state index contributed by atoms with van der Waals surface area (Å²) in [5.41, 5.74) is 7.71. The molecular weight excluding hydrogens is 435 g/mol. The Labute approximate surface area is 207 Å². The number of hydrogen-bond acceptors (Lipinski definition) is 1. The third kappa shape index (κ3) is 5.99. The quantitative estimate of drug-likeness (QED) is 0.156. The van der Waals surface area contributed by atoms with Gasteiger partial charge in [0, 0.05) is 21.6 Å². The van der Waals surface area contributed by atoms with Gasteiger partial charge >= 0.3 is 0 Å². The van der Waals surface area contributed by atoms with Gasteiger partial charge in [-0.25, -0.2) is 4.39 Å². The van der Waals surface area contributed by atoms with E-state index in [4.69, 9.17) is 0 Å².